The molecule has 0 fully saturated rings. The van der Waals surface area contributed by atoms with Gasteiger partial charge in [0, 0.05) is 17.0 Å². The number of para-hydroxylation sites is 1. The molecule has 1 N–H and O–H groups in total. The van der Waals surface area contributed by atoms with Crippen molar-refractivity contribution < 1.29 is 4.42 Å². The Hall–Kier alpha value is -1.28. The number of fused-ring (bicyclic) bond motifs is 1. The molecule has 1 aromatic carbocycles. The zero-order valence-corrected chi connectivity index (χ0v) is 11.6. The van der Waals surface area contributed by atoms with Crippen molar-refractivity contribution in [2.75, 3.05) is 6.54 Å². The van der Waals surface area contributed by atoms with Crippen LogP contribution in [0.3, 0.4) is 0 Å². The first-order valence-electron chi connectivity index (χ1n) is 6.95. The molecule has 0 amide bonds. The largest absolute Gasteiger partial charge is 0.464 e. The van der Waals surface area contributed by atoms with E-state index in [-0.39, 0.29) is 0 Å². The van der Waals surface area contributed by atoms with Crippen LogP contribution >= 0.6 is 0 Å². The van der Waals surface area contributed by atoms with Crippen molar-refractivity contribution in [3.63, 3.8) is 0 Å². The SMILES string of the molecule is CCNC(CC(C)CC)c1coc2ccccc12. The molecule has 1 heterocycles. The maximum atomic E-state index is 5.65. The molecule has 2 rings (SSSR count). The predicted octanol–water partition coefficient (Wildman–Crippen LogP) is 4.52. The van der Waals surface area contributed by atoms with Gasteiger partial charge >= 0.3 is 0 Å². The molecule has 2 atom stereocenters. The third kappa shape index (κ3) is 2.75. The Bertz CT molecular complexity index is 489. The molecule has 1 aromatic heterocycles. The van der Waals surface area contributed by atoms with E-state index >= 15 is 0 Å². The number of hydrogen-bond acceptors (Lipinski definition) is 2. The van der Waals surface area contributed by atoms with E-state index in [4.69, 9.17) is 4.42 Å². The third-order valence-electron chi connectivity index (χ3n) is 3.67. The molecular weight excluding hydrogens is 222 g/mol. The van der Waals surface area contributed by atoms with E-state index in [9.17, 15) is 0 Å². The minimum Gasteiger partial charge on any atom is -0.464 e. The molecular formula is C16H23NO. The second kappa shape index (κ2) is 6.05. The summed E-state index contributed by atoms with van der Waals surface area (Å²) < 4.78 is 5.65. The van der Waals surface area contributed by atoms with Gasteiger partial charge in [-0.2, -0.15) is 0 Å². The van der Waals surface area contributed by atoms with Gasteiger partial charge in [0.05, 0.1) is 6.26 Å². The molecule has 2 aromatic rings. The Labute approximate surface area is 109 Å². The lowest BCUT2D eigenvalue weighted by atomic mass is 9.94. The van der Waals surface area contributed by atoms with Crippen LogP contribution in [-0.4, -0.2) is 6.54 Å². The van der Waals surface area contributed by atoms with E-state index in [1.165, 1.54) is 17.4 Å². The van der Waals surface area contributed by atoms with E-state index in [0.717, 1.165) is 24.5 Å². The van der Waals surface area contributed by atoms with Crippen LogP contribution in [0.4, 0.5) is 0 Å². The Morgan fingerprint density at radius 1 is 1.22 bits per heavy atom. The van der Waals surface area contributed by atoms with Gasteiger partial charge in [-0.15, -0.1) is 0 Å². The Morgan fingerprint density at radius 3 is 2.72 bits per heavy atom. The van der Waals surface area contributed by atoms with E-state index < -0.39 is 0 Å². The van der Waals surface area contributed by atoms with Gasteiger partial charge in [-0.1, -0.05) is 45.4 Å². The second-order valence-corrected chi connectivity index (χ2v) is 5.05. The van der Waals surface area contributed by atoms with Gasteiger partial charge in [0.1, 0.15) is 5.58 Å². The smallest absolute Gasteiger partial charge is 0.134 e. The molecule has 0 aliphatic rings. The van der Waals surface area contributed by atoms with Gasteiger partial charge < -0.3 is 9.73 Å². The second-order valence-electron chi connectivity index (χ2n) is 5.05. The average molecular weight is 245 g/mol. The van der Waals surface area contributed by atoms with Crippen molar-refractivity contribution in [1.82, 2.24) is 5.32 Å². The third-order valence-corrected chi connectivity index (χ3v) is 3.67. The molecule has 2 heteroatoms. The fourth-order valence-electron chi connectivity index (χ4n) is 2.40. The molecule has 0 spiro atoms. The summed E-state index contributed by atoms with van der Waals surface area (Å²) in [6.07, 6.45) is 4.30. The van der Waals surface area contributed by atoms with Crippen molar-refractivity contribution >= 4 is 11.0 Å². The predicted molar refractivity (Wildman–Crippen MR) is 76.7 cm³/mol. The highest BCUT2D eigenvalue weighted by atomic mass is 16.3. The molecule has 2 nitrogen and oxygen atoms in total. The van der Waals surface area contributed by atoms with Crippen LogP contribution in [0, 0.1) is 5.92 Å². The number of rotatable bonds is 6. The van der Waals surface area contributed by atoms with Crippen molar-refractivity contribution in [3.05, 3.63) is 36.1 Å². The maximum absolute atomic E-state index is 5.65. The molecule has 18 heavy (non-hydrogen) atoms. The lowest BCUT2D eigenvalue weighted by molar-refractivity contribution is 0.407. The summed E-state index contributed by atoms with van der Waals surface area (Å²) in [5.74, 6) is 0.725. The Balaban J connectivity index is 2.29. The van der Waals surface area contributed by atoms with E-state index in [2.05, 4.69) is 38.2 Å². The van der Waals surface area contributed by atoms with Gasteiger partial charge in [-0.3, -0.25) is 0 Å². The number of hydrogen-bond donors (Lipinski definition) is 1. The molecule has 0 bridgehead atoms. The lowest BCUT2D eigenvalue weighted by Crippen LogP contribution is -2.22. The Morgan fingerprint density at radius 2 is 2.00 bits per heavy atom. The average Bonchev–Trinajstić information content (AvgIpc) is 2.82. The van der Waals surface area contributed by atoms with Crippen LogP contribution in [0.2, 0.25) is 0 Å². The van der Waals surface area contributed by atoms with Gasteiger partial charge in [0.15, 0.2) is 0 Å². The summed E-state index contributed by atoms with van der Waals surface area (Å²) in [5, 5.41) is 4.82. The van der Waals surface area contributed by atoms with Gasteiger partial charge in [0.25, 0.3) is 0 Å². The number of benzene rings is 1. The summed E-state index contributed by atoms with van der Waals surface area (Å²) >= 11 is 0. The summed E-state index contributed by atoms with van der Waals surface area (Å²) in [7, 11) is 0. The first-order valence-corrected chi connectivity index (χ1v) is 6.95. The van der Waals surface area contributed by atoms with Crippen LogP contribution in [0.25, 0.3) is 11.0 Å². The molecule has 0 saturated carbocycles. The first kappa shape index (κ1) is 13.2. The minimum atomic E-state index is 0.397. The summed E-state index contributed by atoms with van der Waals surface area (Å²) in [5.41, 5.74) is 2.28. The molecule has 0 aliphatic heterocycles. The highest BCUT2D eigenvalue weighted by molar-refractivity contribution is 5.81. The molecule has 0 radical (unpaired) electrons. The summed E-state index contributed by atoms with van der Waals surface area (Å²) in [6.45, 7) is 7.71. The molecule has 2 unspecified atom stereocenters. The fourth-order valence-corrected chi connectivity index (χ4v) is 2.40. The van der Waals surface area contributed by atoms with Crippen molar-refractivity contribution in [1.29, 1.82) is 0 Å². The van der Waals surface area contributed by atoms with Crippen LogP contribution in [0.5, 0.6) is 0 Å². The molecule has 0 saturated heterocycles. The lowest BCUT2D eigenvalue weighted by Gasteiger charge is -2.20. The van der Waals surface area contributed by atoms with Crippen molar-refractivity contribution in [3.8, 4) is 0 Å². The van der Waals surface area contributed by atoms with Gasteiger partial charge in [-0.05, 0) is 24.9 Å². The van der Waals surface area contributed by atoms with Gasteiger partial charge in [-0.25, -0.2) is 0 Å². The first-order chi connectivity index (χ1) is 8.76. The van der Waals surface area contributed by atoms with Crippen molar-refractivity contribution in [2.45, 2.75) is 39.7 Å². The van der Waals surface area contributed by atoms with Crippen LogP contribution < -0.4 is 5.32 Å². The van der Waals surface area contributed by atoms with Gasteiger partial charge in [0.2, 0.25) is 0 Å². The molecule has 98 valence electrons. The number of furan rings is 1. The van der Waals surface area contributed by atoms with Crippen molar-refractivity contribution in [2.24, 2.45) is 5.92 Å². The van der Waals surface area contributed by atoms with E-state index in [1.807, 2.05) is 18.4 Å². The highest BCUT2D eigenvalue weighted by Crippen LogP contribution is 2.30. The highest BCUT2D eigenvalue weighted by Gasteiger charge is 2.18. The monoisotopic (exact) mass is 245 g/mol. The van der Waals surface area contributed by atoms with E-state index in [0.29, 0.717) is 6.04 Å². The zero-order chi connectivity index (χ0) is 13.0. The normalized spacial score (nSPS) is 14.8. The topological polar surface area (TPSA) is 25.2 Å². The van der Waals surface area contributed by atoms with E-state index in [1.54, 1.807) is 0 Å². The van der Waals surface area contributed by atoms with Crippen LogP contribution in [-0.2, 0) is 0 Å². The summed E-state index contributed by atoms with van der Waals surface area (Å²) in [4.78, 5) is 0. The quantitative estimate of drug-likeness (QED) is 0.809. The summed E-state index contributed by atoms with van der Waals surface area (Å²) in [6, 6.07) is 8.67. The minimum absolute atomic E-state index is 0.397. The van der Waals surface area contributed by atoms with Crippen LogP contribution in [0.15, 0.2) is 34.9 Å². The molecule has 0 aliphatic carbocycles. The maximum Gasteiger partial charge on any atom is 0.134 e. The zero-order valence-electron chi connectivity index (χ0n) is 11.6. The Kier molecular flexibility index (Phi) is 4.43. The number of nitrogens with one attached hydrogen (secondary N) is 1. The van der Waals surface area contributed by atoms with Crippen LogP contribution in [0.1, 0.15) is 45.2 Å². The standard InChI is InChI=1S/C16H23NO/c1-4-12(3)10-15(17-5-2)14-11-18-16-9-7-6-8-13(14)16/h6-9,11-12,15,17H,4-5,10H2,1-3H3. The fraction of sp³-hybridized carbons (Fsp3) is 0.500.